The molecule has 0 radical (unpaired) electrons. The molecule has 0 spiro atoms. The number of anilines is 1. The maximum atomic E-state index is 11.1. The number of aromatic amines is 1. The Morgan fingerprint density at radius 2 is 1.97 bits per heavy atom. The van der Waals surface area contributed by atoms with E-state index in [9.17, 15) is 4.79 Å². The number of rotatable bonds is 5. The van der Waals surface area contributed by atoms with Gasteiger partial charge in [0, 0.05) is 69.4 Å². The molecule has 1 aromatic carbocycles. The van der Waals surface area contributed by atoms with Gasteiger partial charge in [0.15, 0.2) is 5.82 Å². The number of benzene rings is 1. The van der Waals surface area contributed by atoms with Crippen molar-refractivity contribution in [1.82, 2.24) is 30.5 Å². The number of nitrogens with one attached hydrogen (secondary N) is 3. The van der Waals surface area contributed by atoms with E-state index in [2.05, 4.69) is 76.4 Å². The normalized spacial score (nSPS) is 17.0. The first-order chi connectivity index (χ1) is 19.1. The standard InChI is InChI=1S/C17H18N4O.C11H15N5O/c1-2-4-13(5-3-1)10-14-11-15-16(20-14)18-12-19-17(15)21-6-8-22-9-7-21;1-13-11(17)15-10-3-2-9(4-5-14-10)16-6-8(12)7-16/h1-5,11-12H,6-10H2,(H,18,19,20);2,4-5,8H,6-7,12H2,1H3,(H2,13,15,17). The summed E-state index contributed by atoms with van der Waals surface area (Å²) in [5.41, 5.74) is 13.0. The number of ether oxygens (including phenoxy) is 1. The minimum absolute atomic E-state index is 0.247. The van der Waals surface area contributed by atoms with E-state index in [1.807, 2.05) is 12.1 Å². The molecule has 2 amide bonds. The first-order valence-corrected chi connectivity index (χ1v) is 13.0. The van der Waals surface area contributed by atoms with E-state index < -0.39 is 0 Å². The number of allylic oxidation sites excluding steroid dienone is 2. The summed E-state index contributed by atoms with van der Waals surface area (Å²) in [5.74, 6) is 1.39. The van der Waals surface area contributed by atoms with Crippen LogP contribution in [0, 0.1) is 0 Å². The highest BCUT2D eigenvalue weighted by atomic mass is 16.5. The van der Waals surface area contributed by atoms with Crippen LogP contribution in [0.15, 0.2) is 77.1 Å². The second-order valence-corrected chi connectivity index (χ2v) is 9.39. The van der Waals surface area contributed by atoms with Crippen LogP contribution in [0.5, 0.6) is 0 Å². The van der Waals surface area contributed by atoms with Gasteiger partial charge >= 0.3 is 6.03 Å². The molecule has 11 nitrogen and oxygen atoms in total. The SMILES string of the molecule is CNC(=O)NC1=C=CC(N2CC(N)C2)=CC=N1.c1ccc(Cc2cc3c(N4CCOCC4)ncnc3[nH]2)cc1. The van der Waals surface area contributed by atoms with Crippen molar-refractivity contribution in [1.29, 1.82) is 0 Å². The zero-order chi connectivity index (χ0) is 27.0. The number of fused-ring (bicyclic) bond motifs is 1. The second kappa shape index (κ2) is 12.4. The summed E-state index contributed by atoms with van der Waals surface area (Å²) in [7, 11) is 1.55. The fourth-order valence-electron chi connectivity index (χ4n) is 4.49. The highest BCUT2D eigenvalue weighted by molar-refractivity contribution is 5.88. The number of aromatic nitrogens is 3. The van der Waals surface area contributed by atoms with Gasteiger partial charge in [0.2, 0.25) is 0 Å². The Morgan fingerprint density at radius 1 is 1.18 bits per heavy atom. The molecule has 2 fully saturated rings. The molecule has 2 saturated heterocycles. The van der Waals surface area contributed by atoms with E-state index in [0.717, 1.165) is 74.1 Å². The van der Waals surface area contributed by atoms with Gasteiger partial charge in [0.1, 0.15) is 17.8 Å². The Bertz CT molecular complexity index is 1410. The number of hydrogen-bond donors (Lipinski definition) is 4. The van der Waals surface area contributed by atoms with Crippen molar-refractivity contribution in [3.8, 4) is 0 Å². The van der Waals surface area contributed by atoms with Gasteiger partial charge in [0.05, 0.1) is 18.6 Å². The van der Waals surface area contributed by atoms with Crippen LogP contribution in [0.25, 0.3) is 11.0 Å². The number of amides is 2. The molecule has 3 aliphatic rings. The third-order valence-corrected chi connectivity index (χ3v) is 6.55. The Hall–Kier alpha value is -4.44. The van der Waals surface area contributed by atoms with Gasteiger partial charge in [-0.15, -0.1) is 0 Å². The zero-order valence-corrected chi connectivity index (χ0v) is 21.9. The van der Waals surface area contributed by atoms with Crippen molar-refractivity contribution >= 4 is 29.1 Å². The largest absolute Gasteiger partial charge is 0.378 e. The summed E-state index contributed by atoms with van der Waals surface area (Å²) in [4.78, 5) is 31.8. The minimum Gasteiger partial charge on any atom is -0.378 e. The first-order valence-electron chi connectivity index (χ1n) is 13.0. The molecule has 0 saturated carbocycles. The molecule has 3 aliphatic heterocycles. The van der Waals surface area contributed by atoms with Crippen LogP contribution in [0.3, 0.4) is 0 Å². The van der Waals surface area contributed by atoms with Crippen molar-refractivity contribution in [3.05, 3.63) is 83.4 Å². The number of likely N-dealkylation sites (tertiary alicyclic amines) is 1. The summed E-state index contributed by atoms with van der Waals surface area (Å²) in [5, 5.41) is 6.11. The Morgan fingerprint density at radius 3 is 2.72 bits per heavy atom. The molecule has 0 unspecified atom stereocenters. The lowest BCUT2D eigenvalue weighted by Crippen LogP contribution is -2.54. The average Bonchev–Trinajstić information content (AvgIpc) is 3.23. The Labute approximate surface area is 227 Å². The lowest BCUT2D eigenvalue weighted by atomic mass is 10.1. The average molecular weight is 528 g/mol. The van der Waals surface area contributed by atoms with Crippen molar-refractivity contribution in [3.63, 3.8) is 0 Å². The van der Waals surface area contributed by atoms with Crippen LogP contribution < -0.4 is 21.3 Å². The number of nitrogens with zero attached hydrogens (tertiary/aromatic N) is 5. The van der Waals surface area contributed by atoms with Crippen LogP contribution >= 0.6 is 0 Å². The van der Waals surface area contributed by atoms with Crippen molar-refractivity contribution in [2.45, 2.75) is 12.5 Å². The minimum atomic E-state index is -0.313. The summed E-state index contributed by atoms with van der Waals surface area (Å²) in [6, 6.07) is 12.6. The van der Waals surface area contributed by atoms with Gasteiger partial charge in [-0.3, -0.25) is 5.32 Å². The number of aliphatic imine (C=N–C) groups is 1. The van der Waals surface area contributed by atoms with Gasteiger partial charge in [-0.05, 0) is 17.7 Å². The summed E-state index contributed by atoms with van der Waals surface area (Å²) in [6.07, 6.45) is 7.82. The molecule has 0 aliphatic carbocycles. The van der Waals surface area contributed by atoms with Gasteiger partial charge < -0.3 is 30.6 Å². The number of hydrogen-bond acceptors (Lipinski definition) is 8. The fourth-order valence-corrected chi connectivity index (χ4v) is 4.49. The summed E-state index contributed by atoms with van der Waals surface area (Å²) >= 11 is 0. The molecule has 5 N–H and O–H groups in total. The molecule has 2 aromatic heterocycles. The third kappa shape index (κ3) is 6.71. The monoisotopic (exact) mass is 527 g/mol. The van der Waals surface area contributed by atoms with E-state index in [0.29, 0.717) is 5.82 Å². The molecule has 202 valence electrons. The highest BCUT2D eigenvalue weighted by Gasteiger charge is 2.23. The lowest BCUT2D eigenvalue weighted by Gasteiger charge is -2.39. The molecular weight excluding hydrogens is 494 g/mol. The van der Waals surface area contributed by atoms with E-state index in [1.165, 1.54) is 5.56 Å². The lowest BCUT2D eigenvalue weighted by molar-refractivity contribution is 0.122. The van der Waals surface area contributed by atoms with Crippen molar-refractivity contribution in [2.24, 2.45) is 10.7 Å². The van der Waals surface area contributed by atoms with Gasteiger partial charge in [-0.2, -0.15) is 0 Å². The summed E-state index contributed by atoms with van der Waals surface area (Å²) < 4.78 is 5.42. The number of carbonyl (C=O) groups excluding carboxylic acids is 1. The van der Waals surface area contributed by atoms with Crippen molar-refractivity contribution < 1.29 is 9.53 Å². The molecule has 6 rings (SSSR count). The maximum absolute atomic E-state index is 11.1. The molecule has 0 atom stereocenters. The van der Waals surface area contributed by atoms with E-state index in [1.54, 1.807) is 25.7 Å². The molecule has 5 heterocycles. The third-order valence-electron chi connectivity index (χ3n) is 6.55. The van der Waals surface area contributed by atoms with Crippen LogP contribution in [0.1, 0.15) is 11.3 Å². The highest BCUT2D eigenvalue weighted by Crippen LogP contribution is 2.25. The number of nitrogens with two attached hydrogens (primary N) is 1. The number of urea groups is 1. The van der Waals surface area contributed by atoms with Crippen LogP contribution in [-0.4, -0.2) is 84.6 Å². The predicted octanol–water partition coefficient (Wildman–Crippen LogP) is 1.91. The number of morpholine rings is 1. The van der Waals surface area contributed by atoms with Crippen LogP contribution in [-0.2, 0) is 11.2 Å². The smallest absolute Gasteiger partial charge is 0.320 e. The maximum Gasteiger partial charge on any atom is 0.320 e. The van der Waals surface area contributed by atoms with Gasteiger partial charge in [-0.1, -0.05) is 36.1 Å². The van der Waals surface area contributed by atoms with Gasteiger partial charge in [-0.25, -0.2) is 19.8 Å². The molecular formula is C28H33N9O2. The predicted molar refractivity (Wildman–Crippen MR) is 151 cm³/mol. The Kier molecular flexibility index (Phi) is 8.33. The van der Waals surface area contributed by atoms with Crippen LogP contribution in [0.4, 0.5) is 10.6 Å². The molecule has 3 aromatic rings. The summed E-state index contributed by atoms with van der Waals surface area (Å²) in [6.45, 7) is 4.96. The quantitative estimate of drug-likeness (QED) is 0.372. The number of H-pyrrole nitrogens is 1. The molecule has 0 bridgehead atoms. The van der Waals surface area contributed by atoms with E-state index in [-0.39, 0.29) is 12.1 Å². The van der Waals surface area contributed by atoms with E-state index in [4.69, 9.17) is 10.5 Å². The van der Waals surface area contributed by atoms with E-state index >= 15 is 0 Å². The zero-order valence-electron chi connectivity index (χ0n) is 21.9. The fraction of sp³-hybridized carbons (Fsp3) is 0.321. The van der Waals surface area contributed by atoms with Gasteiger partial charge in [0.25, 0.3) is 0 Å². The first kappa shape index (κ1) is 26.2. The molecule has 39 heavy (non-hydrogen) atoms. The molecule has 11 heteroatoms. The Balaban J connectivity index is 0.000000164. The van der Waals surface area contributed by atoms with Crippen molar-refractivity contribution in [2.75, 3.05) is 51.3 Å². The second-order valence-electron chi connectivity index (χ2n) is 9.39. The number of carbonyl (C=O) groups is 1. The topological polar surface area (TPSA) is 137 Å². The van der Waals surface area contributed by atoms with Crippen LogP contribution in [0.2, 0.25) is 0 Å².